The monoisotopic (exact) mass is 267 g/mol. The van der Waals surface area contributed by atoms with Crippen molar-refractivity contribution in [3.8, 4) is 5.75 Å². The van der Waals surface area contributed by atoms with Gasteiger partial charge in [0, 0.05) is 10.4 Å². The molecule has 0 saturated heterocycles. The zero-order chi connectivity index (χ0) is 12.5. The molecule has 90 valence electrons. The molecule has 4 heteroatoms. The summed E-state index contributed by atoms with van der Waals surface area (Å²) in [7, 11) is 1.65. The second-order valence-electron chi connectivity index (χ2n) is 4.01. The van der Waals surface area contributed by atoms with Crippen LogP contribution in [0.2, 0.25) is 4.34 Å². The van der Waals surface area contributed by atoms with E-state index in [0.29, 0.717) is 0 Å². The van der Waals surface area contributed by atoms with Gasteiger partial charge in [-0.25, -0.2) is 0 Å². The van der Waals surface area contributed by atoms with Gasteiger partial charge in [0.2, 0.25) is 0 Å². The minimum Gasteiger partial charge on any atom is -0.496 e. The molecule has 2 nitrogen and oxygen atoms in total. The first-order valence-electron chi connectivity index (χ1n) is 5.24. The first kappa shape index (κ1) is 12.4. The molecule has 1 atom stereocenters. The lowest BCUT2D eigenvalue weighted by Gasteiger charge is -2.25. The second-order valence-corrected chi connectivity index (χ2v) is 5.72. The number of benzene rings is 1. The first-order chi connectivity index (χ1) is 8.05. The molecule has 0 fully saturated rings. The molecule has 2 N–H and O–H groups in total. The summed E-state index contributed by atoms with van der Waals surface area (Å²) in [5.41, 5.74) is 6.79. The summed E-state index contributed by atoms with van der Waals surface area (Å²) in [4.78, 5) is 1.02. The molecule has 1 aromatic heterocycles. The zero-order valence-electron chi connectivity index (χ0n) is 9.74. The number of hydrogen-bond donors (Lipinski definition) is 1. The Bertz CT molecular complexity index is 522. The van der Waals surface area contributed by atoms with Crippen LogP contribution in [-0.2, 0) is 5.54 Å². The maximum Gasteiger partial charge on any atom is 0.124 e. The molecule has 0 spiro atoms. The Morgan fingerprint density at radius 2 is 1.94 bits per heavy atom. The minimum absolute atomic E-state index is 0.593. The molecule has 0 radical (unpaired) electrons. The van der Waals surface area contributed by atoms with Crippen molar-refractivity contribution in [3.05, 3.63) is 51.2 Å². The van der Waals surface area contributed by atoms with Crippen LogP contribution < -0.4 is 10.5 Å². The van der Waals surface area contributed by atoms with Crippen LogP contribution in [-0.4, -0.2) is 7.11 Å². The highest BCUT2D eigenvalue weighted by Crippen LogP contribution is 2.37. The molecular formula is C13H14ClNOS. The van der Waals surface area contributed by atoms with E-state index in [1.165, 1.54) is 11.3 Å². The first-order valence-corrected chi connectivity index (χ1v) is 6.43. The van der Waals surface area contributed by atoms with E-state index in [1.807, 2.05) is 43.3 Å². The van der Waals surface area contributed by atoms with Gasteiger partial charge < -0.3 is 10.5 Å². The van der Waals surface area contributed by atoms with Crippen molar-refractivity contribution in [2.45, 2.75) is 12.5 Å². The Hall–Kier alpha value is -1.03. The summed E-state index contributed by atoms with van der Waals surface area (Å²) >= 11 is 7.45. The number of para-hydroxylation sites is 1. The number of ether oxygens (including phenoxy) is 1. The Morgan fingerprint density at radius 1 is 1.24 bits per heavy atom. The highest BCUT2D eigenvalue weighted by Gasteiger charge is 2.28. The van der Waals surface area contributed by atoms with E-state index in [4.69, 9.17) is 22.1 Å². The minimum atomic E-state index is -0.593. The van der Waals surface area contributed by atoms with Gasteiger partial charge >= 0.3 is 0 Å². The Kier molecular flexibility index (Phi) is 3.43. The van der Waals surface area contributed by atoms with Crippen LogP contribution in [0.3, 0.4) is 0 Å². The van der Waals surface area contributed by atoms with Gasteiger partial charge in [-0.1, -0.05) is 29.8 Å². The molecule has 1 aromatic carbocycles. The van der Waals surface area contributed by atoms with E-state index < -0.39 is 5.54 Å². The fraction of sp³-hybridized carbons (Fsp3) is 0.231. The maximum absolute atomic E-state index is 6.42. The van der Waals surface area contributed by atoms with Crippen molar-refractivity contribution < 1.29 is 4.74 Å². The summed E-state index contributed by atoms with van der Waals surface area (Å²) in [5, 5.41) is 0. The van der Waals surface area contributed by atoms with Crippen LogP contribution in [0.5, 0.6) is 5.75 Å². The van der Waals surface area contributed by atoms with Gasteiger partial charge in [0.1, 0.15) is 5.75 Å². The zero-order valence-corrected chi connectivity index (χ0v) is 11.3. The van der Waals surface area contributed by atoms with Crippen molar-refractivity contribution in [2.75, 3.05) is 7.11 Å². The van der Waals surface area contributed by atoms with Crippen molar-refractivity contribution in [3.63, 3.8) is 0 Å². The average Bonchev–Trinajstić information content (AvgIpc) is 2.76. The lowest BCUT2D eigenvalue weighted by molar-refractivity contribution is 0.399. The molecule has 0 aliphatic carbocycles. The van der Waals surface area contributed by atoms with E-state index in [2.05, 4.69) is 0 Å². The van der Waals surface area contributed by atoms with E-state index >= 15 is 0 Å². The number of rotatable bonds is 3. The van der Waals surface area contributed by atoms with Gasteiger partial charge in [-0.15, -0.1) is 11.3 Å². The van der Waals surface area contributed by atoms with Crippen molar-refractivity contribution in [1.29, 1.82) is 0 Å². The number of hydrogen-bond acceptors (Lipinski definition) is 3. The topological polar surface area (TPSA) is 35.2 Å². The summed E-state index contributed by atoms with van der Waals surface area (Å²) in [6.07, 6.45) is 0. The normalized spacial score (nSPS) is 14.4. The Labute approximate surface area is 110 Å². The molecule has 1 heterocycles. The fourth-order valence-corrected chi connectivity index (χ4v) is 2.92. The third-order valence-corrected chi connectivity index (χ3v) is 4.22. The quantitative estimate of drug-likeness (QED) is 0.922. The molecule has 0 aliphatic rings. The van der Waals surface area contributed by atoms with Crippen LogP contribution in [0.15, 0.2) is 36.4 Å². The van der Waals surface area contributed by atoms with Gasteiger partial charge in [0.05, 0.1) is 17.0 Å². The van der Waals surface area contributed by atoms with E-state index in [0.717, 1.165) is 20.5 Å². The molecule has 1 unspecified atom stereocenters. The van der Waals surface area contributed by atoms with E-state index in [9.17, 15) is 0 Å². The number of halogens is 1. The van der Waals surface area contributed by atoms with Crippen LogP contribution in [0.1, 0.15) is 17.4 Å². The predicted molar refractivity (Wildman–Crippen MR) is 73.0 cm³/mol. The fourth-order valence-electron chi connectivity index (χ4n) is 1.80. The van der Waals surface area contributed by atoms with Crippen LogP contribution >= 0.6 is 22.9 Å². The molecule has 0 saturated carbocycles. The number of thiophene rings is 1. The van der Waals surface area contributed by atoms with Crippen LogP contribution in [0, 0.1) is 0 Å². The van der Waals surface area contributed by atoms with Gasteiger partial charge in [-0.2, -0.15) is 0 Å². The highest BCUT2D eigenvalue weighted by molar-refractivity contribution is 7.16. The number of nitrogens with two attached hydrogens (primary N) is 1. The average molecular weight is 268 g/mol. The summed E-state index contributed by atoms with van der Waals surface area (Å²) in [5.74, 6) is 0.794. The molecule has 2 rings (SSSR count). The maximum atomic E-state index is 6.42. The van der Waals surface area contributed by atoms with Crippen LogP contribution in [0.4, 0.5) is 0 Å². The standard InChI is InChI=1S/C13H14ClNOS/c1-13(15,11-7-8-12(14)17-11)9-5-3-4-6-10(9)16-2/h3-8H,15H2,1-2H3. The lowest BCUT2D eigenvalue weighted by atomic mass is 9.91. The molecule has 17 heavy (non-hydrogen) atoms. The van der Waals surface area contributed by atoms with Gasteiger partial charge in [-0.3, -0.25) is 0 Å². The van der Waals surface area contributed by atoms with Crippen molar-refractivity contribution in [2.24, 2.45) is 5.73 Å². The van der Waals surface area contributed by atoms with Gasteiger partial charge in [-0.05, 0) is 25.1 Å². The highest BCUT2D eigenvalue weighted by atomic mass is 35.5. The molecule has 0 amide bonds. The summed E-state index contributed by atoms with van der Waals surface area (Å²) < 4.78 is 6.09. The largest absolute Gasteiger partial charge is 0.496 e. The third-order valence-electron chi connectivity index (χ3n) is 2.75. The third kappa shape index (κ3) is 2.32. The summed E-state index contributed by atoms with van der Waals surface area (Å²) in [6.45, 7) is 1.97. The molecule has 0 bridgehead atoms. The van der Waals surface area contributed by atoms with E-state index in [-0.39, 0.29) is 0 Å². The number of methoxy groups -OCH3 is 1. The molecular weight excluding hydrogens is 254 g/mol. The smallest absolute Gasteiger partial charge is 0.124 e. The van der Waals surface area contributed by atoms with Crippen molar-refractivity contribution in [1.82, 2.24) is 0 Å². The van der Waals surface area contributed by atoms with Crippen LogP contribution in [0.25, 0.3) is 0 Å². The van der Waals surface area contributed by atoms with Gasteiger partial charge in [0.25, 0.3) is 0 Å². The van der Waals surface area contributed by atoms with E-state index in [1.54, 1.807) is 7.11 Å². The lowest BCUT2D eigenvalue weighted by Crippen LogP contribution is -2.33. The Balaban J connectivity index is 2.50. The predicted octanol–water partition coefficient (Wildman–Crippen LogP) is 3.63. The SMILES string of the molecule is COc1ccccc1C(C)(N)c1ccc(Cl)s1. The Morgan fingerprint density at radius 3 is 2.53 bits per heavy atom. The molecule has 2 aromatic rings. The van der Waals surface area contributed by atoms with Crippen molar-refractivity contribution >= 4 is 22.9 Å². The second kappa shape index (κ2) is 4.69. The van der Waals surface area contributed by atoms with Gasteiger partial charge in [0.15, 0.2) is 0 Å². The summed E-state index contributed by atoms with van der Waals surface area (Å²) in [6, 6.07) is 11.6. The molecule has 0 aliphatic heterocycles.